The highest BCUT2D eigenvalue weighted by Crippen LogP contribution is 2.30. The standard InChI is InChI=1S/C23H29NO4/c1-15-6-8-20-19(10-15)17(3)23(28-20)14-24(12-16(2)25)13-18-7-9-21(26-4)22(11-18)27-5/h6-11,16,25H,12-14H2,1-5H3. The second-order valence-electron chi connectivity index (χ2n) is 7.36. The number of aliphatic hydroxyl groups is 1. The normalized spacial score (nSPS) is 12.5. The second-order valence-corrected chi connectivity index (χ2v) is 7.36. The quantitative estimate of drug-likeness (QED) is 0.623. The molecule has 0 fully saturated rings. The molecule has 0 bridgehead atoms. The zero-order valence-corrected chi connectivity index (χ0v) is 17.3. The van der Waals surface area contributed by atoms with Gasteiger partial charge in [0, 0.05) is 18.5 Å². The maximum Gasteiger partial charge on any atom is 0.161 e. The van der Waals surface area contributed by atoms with Gasteiger partial charge in [0.25, 0.3) is 0 Å². The van der Waals surface area contributed by atoms with E-state index in [1.165, 1.54) is 5.56 Å². The van der Waals surface area contributed by atoms with Gasteiger partial charge in [-0.3, -0.25) is 4.90 Å². The number of ether oxygens (including phenoxy) is 2. The van der Waals surface area contributed by atoms with E-state index in [-0.39, 0.29) is 0 Å². The van der Waals surface area contributed by atoms with Crippen molar-refractivity contribution >= 4 is 11.0 Å². The smallest absolute Gasteiger partial charge is 0.161 e. The zero-order valence-electron chi connectivity index (χ0n) is 17.3. The van der Waals surface area contributed by atoms with Gasteiger partial charge in [0.2, 0.25) is 0 Å². The van der Waals surface area contributed by atoms with Gasteiger partial charge in [-0.1, -0.05) is 17.7 Å². The molecule has 3 rings (SSSR count). The van der Waals surface area contributed by atoms with Gasteiger partial charge in [-0.05, 0) is 56.2 Å². The third kappa shape index (κ3) is 4.49. The molecule has 0 aliphatic rings. The molecule has 1 atom stereocenters. The van der Waals surface area contributed by atoms with E-state index >= 15 is 0 Å². The number of furan rings is 1. The summed E-state index contributed by atoms with van der Waals surface area (Å²) in [7, 11) is 3.26. The minimum Gasteiger partial charge on any atom is -0.493 e. The monoisotopic (exact) mass is 383 g/mol. The summed E-state index contributed by atoms with van der Waals surface area (Å²) in [4.78, 5) is 2.18. The molecule has 1 unspecified atom stereocenters. The van der Waals surface area contributed by atoms with E-state index < -0.39 is 6.10 Å². The van der Waals surface area contributed by atoms with E-state index in [0.717, 1.165) is 27.9 Å². The molecule has 28 heavy (non-hydrogen) atoms. The van der Waals surface area contributed by atoms with E-state index in [1.807, 2.05) is 24.3 Å². The van der Waals surface area contributed by atoms with Crippen LogP contribution in [0.3, 0.4) is 0 Å². The van der Waals surface area contributed by atoms with Crippen molar-refractivity contribution in [1.29, 1.82) is 0 Å². The van der Waals surface area contributed by atoms with Crippen LogP contribution in [0.25, 0.3) is 11.0 Å². The Balaban J connectivity index is 1.86. The molecule has 0 aliphatic heterocycles. The molecule has 2 aromatic carbocycles. The number of aliphatic hydroxyl groups excluding tert-OH is 1. The van der Waals surface area contributed by atoms with Crippen molar-refractivity contribution in [2.75, 3.05) is 20.8 Å². The number of nitrogens with zero attached hydrogens (tertiary/aromatic N) is 1. The van der Waals surface area contributed by atoms with Crippen LogP contribution in [-0.4, -0.2) is 36.9 Å². The maximum atomic E-state index is 9.99. The zero-order chi connectivity index (χ0) is 20.3. The Kier molecular flexibility index (Phi) is 6.27. The Morgan fingerprint density at radius 2 is 1.75 bits per heavy atom. The first-order valence-corrected chi connectivity index (χ1v) is 9.51. The van der Waals surface area contributed by atoms with E-state index in [2.05, 4.69) is 30.9 Å². The Hall–Kier alpha value is -2.50. The number of hydrogen-bond acceptors (Lipinski definition) is 5. The fourth-order valence-electron chi connectivity index (χ4n) is 3.54. The molecule has 5 heteroatoms. The van der Waals surface area contributed by atoms with Crippen LogP contribution in [0.2, 0.25) is 0 Å². The molecule has 0 radical (unpaired) electrons. The fourth-order valence-corrected chi connectivity index (χ4v) is 3.54. The summed E-state index contributed by atoms with van der Waals surface area (Å²) in [6.45, 7) is 7.82. The molecule has 0 saturated heterocycles. The highest BCUT2D eigenvalue weighted by Gasteiger charge is 2.17. The minimum absolute atomic E-state index is 0.438. The number of fused-ring (bicyclic) bond motifs is 1. The van der Waals surface area contributed by atoms with Crippen molar-refractivity contribution in [2.24, 2.45) is 0 Å². The van der Waals surface area contributed by atoms with E-state index in [9.17, 15) is 5.11 Å². The summed E-state index contributed by atoms with van der Waals surface area (Å²) >= 11 is 0. The first-order chi connectivity index (χ1) is 13.4. The number of hydrogen-bond donors (Lipinski definition) is 1. The van der Waals surface area contributed by atoms with Crippen LogP contribution < -0.4 is 9.47 Å². The van der Waals surface area contributed by atoms with Crippen molar-refractivity contribution < 1.29 is 19.0 Å². The Morgan fingerprint density at radius 3 is 2.43 bits per heavy atom. The highest BCUT2D eigenvalue weighted by molar-refractivity contribution is 5.82. The molecule has 5 nitrogen and oxygen atoms in total. The van der Waals surface area contributed by atoms with Crippen LogP contribution in [0.15, 0.2) is 40.8 Å². The molecule has 0 amide bonds. The summed E-state index contributed by atoms with van der Waals surface area (Å²) < 4.78 is 16.9. The number of aryl methyl sites for hydroxylation is 2. The molecular formula is C23H29NO4. The summed E-state index contributed by atoms with van der Waals surface area (Å²) in [6, 6.07) is 12.1. The van der Waals surface area contributed by atoms with Crippen LogP contribution in [0, 0.1) is 13.8 Å². The highest BCUT2D eigenvalue weighted by atomic mass is 16.5. The number of methoxy groups -OCH3 is 2. The van der Waals surface area contributed by atoms with Crippen molar-refractivity contribution in [1.82, 2.24) is 4.90 Å². The number of benzene rings is 2. The van der Waals surface area contributed by atoms with Gasteiger partial charge in [0.15, 0.2) is 11.5 Å². The molecular weight excluding hydrogens is 354 g/mol. The van der Waals surface area contributed by atoms with Crippen LogP contribution in [0.1, 0.15) is 29.4 Å². The third-order valence-electron chi connectivity index (χ3n) is 4.93. The average Bonchev–Trinajstić information content (AvgIpc) is 2.96. The first-order valence-electron chi connectivity index (χ1n) is 9.51. The third-order valence-corrected chi connectivity index (χ3v) is 4.93. The lowest BCUT2D eigenvalue weighted by atomic mass is 10.1. The Morgan fingerprint density at radius 1 is 1.00 bits per heavy atom. The van der Waals surface area contributed by atoms with Crippen molar-refractivity contribution in [2.45, 2.75) is 40.0 Å². The SMILES string of the molecule is COc1ccc(CN(Cc2oc3ccc(C)cc3c2C)CC(C)O)cc1OC. The van der Waals surface area contributed by atoms with E-state index in [4.69, 9.17) is 13.9 Å². The van der Waals surface area contributed by atoms with Crippen LogP contribution in [0.4, 0.5) is 0 Å². The second kappa shape index (κ2) is 8.67. The summed E-state index contributed by atoms with van der Waals surface area (Å²) in [6.07, 6.45) is -0.438. The lowest BCUT2D eigenvalue weighted by molar-refractivity contribution is 0.113. The summed E-state index contributed by atoms with van der Waals surface area (Å²) in [5.41, 5.74) is 4.36. The average molecular weight is 383 g/mol. The largest absolute Gasteiger partial charge is 0.493 e. The molecule has 0 aliphatic carbocycles. The first kappa shape index (κ1) is 20.2. The van der Waals surface area contributed by atoms with Gasteiger partial charge in [-0.25, -0.2) is 0 Å². The van der Waals surface area contributed by atoms with Gasteiger partial charge < -0.3 is 19.0 Å². The molecule has 150 valence electrons. The maximum absolute atomic E-state index is 9.99. The van der Waals surface area contributed by atoms with Crippen LogP contribution >= 0.6 is 0 Å². The minimum atomic E-state index is -0.438. The lowest BCUT2D eigenvalue weighted by Gasteiger charge is -2.23. The van der Waals surface area contributed by atoms with Gasteiger partial charge in [-0.2, -0.15) is 0 Å². The van der Waals surface area contributed by atoms with Gasteiger partial charge in [-0.15, -0.1) is 0 Å². The van der Waals surface area contributed by atoms with Crippen molar-refractivity contribution in [3.8, 4) is 11.5 Å². The number of rotatable bonds is 8. The Labute approximate surface area is 166 Å². The molecule has 0 saturated carbocycles. The molecule has 1 heterocycles. The molecule has 3 aromatic rings. The van der Waals surface area contributed by atoms with Gasteiger partial charge >= 0.3 is 0 Å². The van der Waals surface area contributed by atoms with Crippen LogP contribution in [-0.2, 0) is 13.1 Å². The predicted octanol–water partition coefficient (Wildman–Crippen LogP) is 4.45. The predicted molar refractivity (Wildman–Crippen MR) is 111 cm³/mol. The van der Waals surface area contributed by atoms with Crippen molar-refractivity contribution in [3.63, 3.8) is 0 Å². The van der Waals surface area contributed by atoms with E-state index in [0.29, 0.717) is 31.1 Å². The molecule has 0 spiro atoms. The van der Waals surface area contributed by atoms with Crippen LogP contribution in [0.5, 0.6) is 11.5 Å². The summed E-state index contributed by atoms with van der Waals surface area (Å²) in [5.74, 6) is 2.34. The topological polar surface area (TPSA) is 55.1 Å². The van der Waals surface area contributed by atoms with Crippen molar-refractivity contribution in [3.05, 3.63) is 58.8 Å². The van der Waals surface area contributed by atoms with Gasteiger partial charge in [0.05, 0.1) is 26.9 Å². The fraction of sp³-hybridized carbons (Fsp3) is 0.391. The van der Waals surface area contributed by atoms with E-state index in [1.54, 1.807) is 21.1 Å². The lowest BCUT2D eigenvalue weighted by Crippen LogP contribution is -2.30. The molecule has 1 N–H and O–H groups in total. The Bertz CT molecular complexity index is 945. The van der Waals surface area contributed by atoms with Gasteiger partial charge in [0.1, 0.15) is 11.3 Å². The molecule has 1 aromatic heterocycles. The summed E-state index contributed by atoms with van der Waals surface area (Å²) in [5, 5.41) is 11.1.